The van der Waals surface area contributed by atoms with Crippen LogP contribution in [0, 0.1) is 6.92 Å². The molecule has 146 valence electrons. The number of fused-ring (bicyclic) bond motifs is 3. The maximum absolute atomic E-state index is 12.7. The van der Waals surface area contributed by atoms with Crippen molar-refractivity contribution in [3.8, 4) is 5.75 Å². The quantitative estimate of drug-likeness (QED) is 0.482. The van der Waals surface area contributed by atoms with E-state index >= 15 is 0 Å². The van der Waals surface area contributed by atoms with E-state index in [1.165, 1.54) is 28.6 Å². The Balaban J connectivity index is 1.50. The molecular formula is C21H23N3O2S2. The zero-order valence-electron chi connectivity index (χ0n) is 16.2. The molecule has 0 saturated carbocycles. The molecule has 7 heteroatoms. The van der Waals surface area contributed by atoms with Crippen LogP contribution in [0.4, 0.5) is 0 Å². The fraction of sp³-hybridized carbons (Fsp3) is 0.381. The number of aryl methyl sites for hydroxylation is 3. The van der Waals surface area contributed by atoms with Crippen molar-refractivity contribution in [2.24, 2.45) is 0 Å². The predicted molar refractivity (Wildman–Crippen MR) is 114 cm³/mol. The van der Waals surface area contributed by atoms with E-state index in [1.54, 1.807) is 18.4 Å². The normalized spacial score (nSPS) is 14.1. The Morgan fingerprint density at radius 1 is 1.32 bits per heavy atom. The largest absolute Gasteiger partial charge is 0.496 e. The molecule has 28 heavy (non-hydrogen) atoms. The molecule has 4 rings (SSSR count). The van der Waals surface area contributed by atoms with Crippen LogP contribution in [0.3, 0.4) is 0 Å². The number of thioether (sulfide) groups is 1. The van der Waals surface area contributed by atoms with Crippen molar-refractivity contribution in [2.45, 2.75) is 49.9 Å². The smallest absolute Gasteiger partial charge is 0.233 e. The number of carbonyl (C=O) groups excluding carboxylic acids is 1. The van der Waals surface area contributed by atoms with Crippen molar-refractivity contribution >= 4 is 39.2 Å². The number of amides is 1. The van der Waals surface area contributed by atoms with Crippen molar-refractivity contribution < 1.29 is 9.53 Å². The number of methoxy groups -OCH3 is 1. The van der Waals surface area contributed by atoms with Gasteiger partial charge in [0.15, 0.2) is 0 Å². The van der Waals surface area contributed by atoms with Crippen LogP contribution >= 0.6 is 23.1 Å². The molecule has 1 amide bonds. The van der Waals surface area contributed by atoms with Gasteiger partial charge in [-0.3, -0.25) is 4.79 Å². The second-order valence-electron chi connectivity index (χ2n) is 6.90. The minimum Gasteiger partial charge on any atom is -0.496 e. The van der Waals surface area contributed by atoms with Crippen LogP contribution in [0.2, 0.25) is 0 Å². The zero-order valence-corrected chi connectivity index (χ0v) is 17.9. The van der Waals surface area contributed by atoms with Crippen LogP contribution in [0.5, 0.6) is 5.75 Å². The van der Waals surface area contributed by atoms with Crippen molar-refractivity contribution in [3.05, 3.63) is 46.1 Å². The highest BCUT2D eigenvalue weighted by atomic mass is 32.2. The van der Waals surface area contributed by atoms with Gasteiger partial charge in [0.2, 0.25) is 5.91 Å². The van der Waals surface area contributed by atoms with Gasteiger partial charge in [-0.1, -0.05) is 30.0 Å². The number of carbonyl (C=O) groups is 1. The molecule has 1 aliphatic rings. The number of rotatable bonds is 6. The highest BCUT2D eigenvalue weighted by molar-refractivity contribution is 8.00. The van der Waals surface area contributed by atoms with Gasteiger partial charge in [-0.2, -0.15) is 0 Å². The van der Waals surface area contributed by atoms with Crippen molar-refractivity contribution in [1.82, 2.24) is 15.3 Å². The van der Waals surface area contributed by atoms with E-state index in [1.807, 2.05) is 38.1 Å². The Morgan fingerprint density at radius 2 is 2.14 bits per heavy atom. The molecule has 3 aromatic rings. The summed E-state index contributed by atoms with van der Waals surface area (Å²) in [7, 11) is 1.64. The molecule has 2 heterocycles. The summed E-state index contributed by atoms with van der Waals surface area (Å²) >= 11 is 3.31. The maximum atomic E-state index is 12.7. The Hall–Kier alpha value is -2.12. The van der Waals surface area contributed by atoms with E-state index in [4.69, 9.17) is 4.74 Å². The van der Waals surface area contributed by atoms with Crippen LogP contribution in [-0.4, -0.2) is 28.2 Å². The van der Waals surface area contributed by atoms with Gasteiger partial charge in [0, 0.05) is 22.4 Å². The molecule has 0 bridgehead atoms. The Labute approximate surface area is 172 Å². The van der Waals surface area contributed by atoms with E-state index in [9.17, 15) is 4.79 Å². The van der Waals surface area contributed by atoms with Crippen LogP contribution in [0.1, 0.15) is 35.2 Å². The molecule has 0 radical (unpaired) electrons. The number of benzene rings is 1. The first-order chi connectivity index (χ1) is 13.6. The average molecular weight is 414 g/mol. The third-order valence-corrected chi connectivity index (χ3v) is 7.22. The van der Waals surface area contributed by atoms with E-state index in [-0.39, 0.29) is 11.2 Å². The topological polar surface area (TPSA) is 64.1 Å². The van der Waals surface area contributed by atoms with Gasteiger partial charge in [0.05, 0.1) is 12.4 Å². The molecule has 0 spiro atoms. The van der Waals surface area contributed by atoms with E-state index < -0.39 is 0 Å². The molecule has 0 saturated heterocycles. The lowest BCUT2D eigenvalue weighted by Crippen LogP contribution is -2.30. The fourth-order valence-electron chi connectivity index (χ4n) is 3.55. The highest BCUT2D eigenvalue weighted by Gasteiger charge is 2.24. The third kappa shape index (κ3) is 3.73. The number of aromatic nitrogens is 2. The Kier molecular flexibility index (Phi) is 5.55. The summed E-state index contributed by atoms with van der Waals surface area (Å²) in [6.45, 7) is 4.29. The molecule has 0 unspecified atom stereocenters. The standard InChI is InChI=1S/C21H23N3O2S2/c1-12(19(25)22-11-14-7-4-5-9-16(14)26-3)27-20-18-15-8-6-10-17(15)28-21(18)24-13(2)23-20/h4-5,7,9,12H,6,8,10-11H2,1-3H3,(H,22,25)/t12-/m0/s1. The fourth-order valence-corrected chi connectivity index (χ4v) is 5.96. The van der Waals surface area contributed by atoms with Gasteiger partial charge in [0.1, 0.15) is 21.4 Å². The molecule has 1 aliphatic carbocycles. The van der Waals surface area contributed by atoms with Crippen molar-refractivity contribution in [3.63, 3.8) is 0 Å². The zero-order chi connectivity index (χ0) is 19.7. The molecule has 1 aromatic carbocycles. The SMILES string of the molecule is COc1ccccc1CNC(=O)[C@H](C)Sc1nc(C)nc2sc3c(c12)CCC3. The summed E-state index contributed by atoms with van der Waals surface area (Å²) in [5.41, 5.74) is 2.36. The molecule has 2 aromatic heterocycles. The van der Waals surface area contributed by atoms with Crippen molar-refractivity contribution in [1.29, 1.82) is 0 Å². The van der Waals surface area contributed by atoms with Crippen LogP contribution < -0.4 is 10.1 Å². The maximum Gasteiger partial charge on any atom is 0.233 e. The lowest BCUT2D eigenvalue weighted by Gasteiger charge is -2.14. The average Bonchev–Trinajstić information content (AvgIpc) is 3.26. The van der Waals surface area contributed by atoms with Gasteiger partial charge in [-0.25, -0.2) is 9.97 Å². The van der Waals surface area contributed by atoms with E-state index in [0.717, 1.165) is 45.2 Å². The monoisotopic (exact) mass is 413 g/mol. The lowest BCUT2D eigenvalue weighted by molar-refractivity contribution is -0.120. The van der Waals surface area contributed by atoms with Gasteiger partial charge in [-0.15, -0.1) is 11.3 Å². The van der Waals surface area contributed by atoms with E-state index in [2.05, 4.69) is 15.3 Å². The summed E-state index contributed by atoms with van der Waals surface area (Å²) in [5, 5.41) is 4.87. The van der Waals surface area contributed by atoms with Crippen LogP contribution in [0.15, 0.2) is 29.3 Å². The second-order valence-corrected chi connectivity index (χ2v) is 9.32. The number of para-hydroxylation sites is 1. The van der Waals surface area contributed by atoms with Gasteiger partial charge < -0.3 is 10.1 Å². The number of nitrogens with one attached hydrogen (secondary N) is 1. The summed E-state index contributed by atoms with van der Waals surface area (Å²) in [4.78, 5) is 24.5. The third-order valence-electron chi connectivity index (χ3n) is 4.95. The number of hydrogen-bond donors (Lipinski definition) is 1. The summed E-state index contributed by atoms with van der Waals surface area (Å²) < 4.78 is 5.36. The summed E-state index contributed by atoms with van der Waals surface area (Å²) in [6, 6.07) is 7.73. The Bertz CT molecular complexity index is 1030. The minimum absolute atomic E-state index is 0.00723. The van der Waals surface area contributed by atoms with Crippen LogP contribution in [-0.2, 0) is 24.2 Å². The second kappa shape index (κ2) is 8.09. The summed E-state index contributed by atoms with van der Waals surface area (Å²) in [6.07, 6.45) is 3.42. The minimum atomic E-state index is -0.246. The Morgan fingerprint density at radius 3 is 2.96 bits per heavy atom. The van der Waals surface area contributed by atoms with Crippen LogP contribution in [0.25, 0.3) is 10.2 Å². The first-order valence-electron chi connectivity index (χ1n) is 9.42. The van der Waals surface area contributed by atoms with E-state index in [0.29, 0.717) is 6.54 Å². The molecule has 1 atom stereocenters. The summed E-state index contributed by atoms with van der Waals surface area (Å²) in [5.74, 6) is 1.54. The lowest BCUT2D eigenvalue weighted by atomic mass is 10.2. The number of hydrogen-bond acceptors (Lipinski definition) is 6. The number of nitrogens with zero attached hydrogens (tertiary/aromatic N) is 2. The predicted octanol–water partition coefficient (Wildman–Crippen LogP) is 4.29. The highest BCUT2D eigenvalue weighted by Crippen LogP contribution is 2.41. The molecule has 1 N–H and O–H groups in total. The molecular weight excluding hydrogens is 390 g/mol. The first-order valence-corrected chi connectivity index (χ1v) is 11.1. The molecule has 0 fully saturated rings. The number of ether oxygens (including phenoxy) is 1. The van der Waals surface area contributed by atoms with Gasteiger partial charge >= 0.3 is 0 Å². The first kappa shape index (κ1) is 19.2. The van der Waals surface area contributed by atoms with Gasteiger partial charge in [0.25, 0.3) is 0 Å². The van der Waals surface area contributed by atoms with Crippen molar-refractivity contribution in [2.75, 3.05) is 7.11 Å². The van der Waals surface area contributed by atoms with Gasteiger partial charge in [-0.05, 0) is 44.7 Å². The molecule has 0 aliphatic heterocycles. The number of thiophene rings is 1. The molecule has 5 nitrogen and oxygen atoms in total.